The third kappa shape index (κ3) is 3.20. The summed E-state index contributed by atoms with van der Waals surface area (Å²) in [5, 5.41) is 19.6. The van der Waals surface area contributed by atoms with Crippen LogP contribution in [0.1, 0.15) is 23.7 Å². The van der Waals surface area contributed by atoms with Gasteiger partial charge >= 0.3 is 0 Å². The number of hydrogen-bond acceptors (Lipinski definition) is 4. The average Bonchev–Trinajstić information content (AvgIpc) is 2.36. The molecule has 100 valence electrons. The molecule has 0 N–H and O–H groups in total. The fourth-order valence-corrected chi connectivity index (χ4v) is 1.77. The normalized spacial score (nSPS) is 11.5. The zero-order valence-corrected chi connectivity index (χ0v) is 11.2. The lowest BCUT2D eigenvalue weighted by molar-refractivity contribution is -0.385. The molecule has 19 heavy (non-hydrogen) atoms. The van der Waals surface area contributed by atoms with E-state index in [1.54, 1.807) is 6.92 Å². The van der Waals surface area contributed by atoms with E-state index in [0.29, 0.717) is 0 Å². The minimum Gasteiger partial charge on any atom is -0.338 e. The van der Waals surface area contributed by atoms with E-state index >= 15 is 0 Å². The fourth-order valence-electron chi connectivity index (χ4n) is 1.52. The Morgan fingerprint density at radius 2 is 2.26 bits per heavy atom. The number of benzene rings is 1. The summed E-state index contributed by atoms with van der Waals surface area (Å²) in [5.41, 5.74) is -0.491. The predicted octanol–water partition coefficient (Wildman–Crippen LogP) is 2.62. The van der Waals surface area contributed by atoms with Gasteiger partial charge in [-0.25, -0.2) is 0 Å². The zero-order valence-electron chi connectivity index (χ0n) is 10.5. The summed E-state index contributed by atoms with van der Waals surface area (Å²) < 4.78 is 0. The van der Waals surface area contributed by atoms with Crippen molar-refractivity contribution in [3.8, 4) is 6.07 Å². The van der Waals surface area contributed by atoms with E-state index in [9.17, 15) is 14.9 Å². The first-order chi connectivity index (χ1) is 8.90. The van der Waals surface area contributed by atoms with E-state index in [0.717, 1.165) is 0 Å². The molecule has 0 saturated heterocycles. The van der Waals surface area contributed by atoms with Gasteiger partial charge in [-0.3, -0.25) is 14.9 Å². The quantitative estimate of drug-likeness (QED) is 0.627. The maximum absolute atomic E-state index is 12.2. The van der Waals surface area contributed by atoms with Gasteiger partial charge in [-0.05, 0) is 13.0 Å². The Labute approximate surface area is 115 Å². The van der Waals surface area contributed by atoms with Crippen molar-refractivity contribution in [2.45, 2.75) is 19.4 Å². The monoisotopic (exact) mass is 281 g/mol. The molecule has 0 aliphatic carbocycles. The molecule has 1 atom stereocenters. The molecular formula is C12H12ClN3O3. The van der Waals surface area contributed by atoms with Gasteiger partial charge in [-0.2, -0.15) is 5.26 Å². The largest absolute Gasteiger partial charge is 0.338 e. The number of carbonyl (C=O) groups is 1. The van der Waals surface area contributed by atoms with E-state index in [1.807, 2.05) is 6.07 Å². The molecule has 1 rings (SSSR count). The standard InChI is InChI=1S/C12H12ClN3O3/c1-8(6-7-14)15(2)12(17)11-9(13)4-3-5-10(11)16(18)19/h3-5,8H,6H2,1-2H3. The number of nitriles is 1. The van der Waals surface area contributed by atoms with Crippen LogP contribution in [0, 0.1) is 21.4 Å². The second kappa shape index (κ2) is 6.16. The molecule has 1 unspecified atom stereocenters. The molecule has 1 aromatic rings. The van der Waals surface area contributed by atoms with Crippen LogP contribution in [-0.4, -0.2) is 28.8 Å². The molecule has 0 aliphatic rings. The molecule has 0 aliphatic heterocycles. The van der Waals surface area contributed by atoms with E-state index in [4.69, 9.17) is 16.9 Å². The summed E-state index contributed by atoms with van der Waals surface area (Å²) >= 11 is 5.88. The number of nitro benzene ring substituents is 1. The minimum absolute atomic E-state index is 0.0233. The number of rotatable bonds is 4. The summed E-state index contributed by atoms with van der Waals surface area (Å²) in [4.78, 5) is 23.8. The van der Waals surface area contributed by atoms with Gasteiger partial charge in [-0.15, -0.1) is 0 Å². The second-order valence-electron chi connectivity index (χ2n) is 4.02. The number of hydrogen-bond donors (Lipinski definition) is 0. The van der Waals surface area contributed by atoms with E-state index in [1.165, 1.54) is 30.1 Å². The molecule has 0 spiro atoms. The molecule has 1 aromatic carbocycles. The molecule has 1 amide bonds. The first-order valence-electron chi connectivity index (χ1n) is 5.47. The summed E-state index contributed by atoms with van der Waals surface area (Å²) in [6.45, 7) is 1.68. The van der Waals surface area contributed by atoms with Crippen molar-refractivity contribution < 1.29 is 9.72 Å². The Morgan fingerprint density at radius 3 is 2.79 bits per heavy atom. The Morgan fingerprint density at radius 1 is 1.63 bits per heavy atom. The maximum atomic E-state index is 12.2. The van der Waals surface area contributed by atoms with Crippen LogP contribution in [0.2, 0.25) is 5.02 Å². The first-order valence-corrected chi connectivity index (χ1v) is 5.85. The van der Waals surface area contributed by atoms with Crippen molar-refractivity contribution in [3.05, 3.63) is 38.9 Å². The van der Waals surface area contributed by atoms with E-state index in [2.05, 4.69) is 0 Å². The predicted molar refractivity (Wildman–Crippen MR) is 69.9 cm³/mol. The number of nitro groups is 1. The van der Waals surface area contributed by atoms with Crippen LogP contribution in [-0.2, 0) is 0 Å². The van der Waals surface area contributed by atoms with Gasteiger partial charge in [0.2, 0.25) is 0 Å². The van der Waals surface area contributed by atoms with Crippen molar-refractivity contribution in [2.24, 2.45) is 0 Å². The van der Waals surface area contributed by atoms with Crippen LogP contribution in [0.5, 0.6) is 0 Å². The van der Waals surface area contributed by atoms with E-state index in [-0.39, 0.29) is 28.7 Å². The molecule has 0 bridgehead atoms. The molecular weight excluding hydrogens is 270 g/mol. The Balaban J connectivity index is 3.20. The highest BCUT2D eigenvalue weighted by Crippen LogP contribution is 2.27. The molecule has 0 aromatic heterocycles. The van der Waals surface area contributed by atoms with Crippen molar-refractivity contribution in [1.29, 1.82) is 5.26 Å². The molecule has 0 fully saturated rings. The van der Waals surface area contributed by atoms with Crippen LogP contribution in [0.4, 0.5) is 5.69 Å². The Kier molecular flexibility index (Phi) is 4.84. The van der Waals surface area contributed by atoms with Crippen molar-refractivity contribution in [3.63, 3.8) is 0 Å². The Bertz CT molecular complexity index is 554. The number of nitrogens with zero attached hydrogens (tertiary/aromatic N) is 3. The van der Waals surface area contributed by atoms with Crippen molar-refractivity contribution in [1.82, 2.24) is 4.90 Å². The van der Waals surface area contributed by atoms with Crippen LogP contribution in [0.25, 0.3) is 0 Å². The lowest BCUT2D eigenvalue weighted by Gasteiger charge is -2.23. The summed E-state index contributed by atoms with van der Waals surface area (Å²) in [5.74, 6) is -0.569. The maximum Gasteiger partial charge on any atom is 0.283 e. The van der Waals surface area contributed by atoms with Gasteiger partial charge in [0.1, 0.15) is 5.56 Å². The highest BCUT2D eigenvalue weighted by atomic mass is 35.5. The van der Waals surface area contributed by atoms with Crippen molar-refractivity contribution in [2.75, 3.05) is 7.05 Å². The lowest BCUT2D eigenvalue weighted by atomic mass is 10.1. The first kappa shape index (κ1) is 14.9. The van der Waals surface area contributed by atoms with Crippen LogP contribution >= 0.6 is 11.6 Å². The zero-order chi connectivity index (χ0) is 14.6. The third-order valence-corrected chi connectivity index (χ3v) is 3.09. The van der Waals surface area contributed by atoms with Crippen LogP contribution in [0.15, 0.2) is 18.2 Å². The highest BCUT2D eigenvalue weighted by Gasteiger charge is 2.27. The summed E-state index contributed by atoms with van der Waals surface area (Å²) in [7, 11) is 1.48. The smallest absolute Gasteiger partial charge is 0.283 e. The van der Waals surface area contributed by atoms with Crippen LogP contribution in [0.3, 0.4) is 0 Å². The highest BCUT2D eigenvalue weighted by molar-refractivity contribution is 6.34. The van der Waals surface area contributed by atoms with E-state index < -0.39 is 10.8 Å². The lowest BCUT2D eigenvalue weighted by Crippen LogP contribution is -2.35. The van der Waals surface area contributed by atoms with Gasteiger partial charge in [0.15, 0.2) is 0 Å². The van der Waals surface area contributed by atoms with Gasteiger partial charge in [0.05, 0.1) is 22.4 Å². The Hall–Kier alpha value is -2.13. The molecule has 0 heterocycles. The molecule has 0 saturated carbocycles. The molecule has 0 radical (unpaired) electrons. The van der Waals surface area contributed by atoms with Gasteiger partial charge in [0, 0.05) is 19.2 Å². The average molecular weight is 282 g/mol. The van der Waals surface area contributed by atoms with Gasteiger partial charge in [0.25, 0.3) is 11.6 Å². The summed E-state index contributed by atoms with van der Waals surface area (Å²) in [6, 6.07) is 5.65. The number of amides is 1. The van der Waals surface area contributed by atoms with Crippen LogP contribution < -0.4 is 0 Å². The molecule has 7 heteroatoms. The SMILES string of the molecule is CC(CC#N)N(C)C(=O)c1c(Cl)cccc1[N+](=O)[O-]. The fraction of sp³-hybridized carbons (Fsp3) is 0.333. The minimum atomic E-state index is -0.651. The summed E-state index contributed by atoms with van der Waals surface area (Å²) in [6.07, 6.45) is 0.139. The number of halogens is 1. The molecule has 6 nitrogen and oxygen atoms in total. The topological polar surface area (TPSA) is 87.2 Å². The number of carbonyl (C=O) groups excluding carboxylic acids is 1. The van der Waals surface area contributed by atoms with Gasteiger partial charge in [-0.1, -0.05) is 17.7 Å². The third-order valence-electron chi connectivity index (χ3n) is 2.77. The second-order valence-corrected chi connectivity index (χ2v) is 4.43. The van der Waals surface area contributed by atoms with Crippen molar-refractivity contribution >= 4 is 23.2 Å². The van der Waals surface area contributed by atoms with Gasteiger partial charge < -0.3 is 4.90 Å².